The molecule has 2 N–H and O–H groups in total. The molecule has 0 fully saturated rings. The van der Waals surface area contributed by atoms with Crippen LogP contribution in [0.15, 0.2) is 54.7 Å². The Morgan fingerprint density at radius 1 is 0.923 bits per heavy atom. The Kier molecular flexibility index (Phi) is 4.84. The van der Waals surface area contributed by atoms with E-state index < -0.39 is 0 Å². The van der Waals surface area contributed by atoms with Crippen molar-refractivity contribution in [2.24, 2.45) is 0 Å². The van der Waals surface area contributed by atoms with Crippen molar-refractivity contribution >= 4 is 17.5 Å². The number of hydrogen-bond donors (Lipinski definition) is 2. The van der Waals surface area contributed by atoms with Crippen molar-refractivity contribution in [3.63, 3.8) is 0 Å². The minimum absolute atomic E-state index is 0.256. The maximum atomic E-state index is 12.7. The molecule has 132 valence electrons. The molecule has 0 aliphatic carbocycles. The van der Waals surface area contributed by atoms with E-state index in [9.17, 15) is 9.59 Å². The summed E-state index contributed by atoms with van der Waals surface area (Å²) < 4.78 is 1.74. The molecular formula is C20H20N4O2. The highest BCUT2D eigenvalue weighted by Crippen LogP contribution is 2.20. The van der Waals surface area contributed by atoms with Gasteiger partial charge in [-0.2, -0.15) is 5.10 Å². The summed E-state index contributed by atoms with van der Waals surface area (Å²) in [6.07, 6.45) is 1.54. The molecule has 0 aliphatic rings. The molecule has 2 aromatic carbocycles. The lowest BCUT2D eigenvalue weighted by Gasteiger charge is -2.11. The molecule has 1 aromatic heterocycles. The summed E-state index contributed by atoms with van der Waals surface area (Å²) in [6, 6.07) is 14.7. The number of carbonyl (C=O) groups excluding carboxylic acids is 2. The second kappa shape index (κ2) is 7.23. The summed E-state index contributed by atoms with van der Waals surface area (Å²) in [6.45, 7) is 3.84. The molecule has 0 spiro atoms. The van der Waals surface area contributed by atoms with Gasteiger partial charge in [0.1, 0.15) is 0 Å². The van der Waals surface area contributed by atoms with Crippen molar-refractivity contribution in [1.29, 1.82) is 0 Å². The van der Waals surface area contributed by atoms with Crippen LogP contribution < -0.4 is 10.6 Å². The van der Waals surface area contributed by atoms with E-state index in [0.717, 1.165) is 16.9 Å². The molecule has 2 amide bonds. The van der Waals surface area contributed by atoms with Crippen LogP contribution in [-0.4, -0.2) is 28.6 Å². The van der Waals surface area contributed by atoms with Crippen LogP contribution >= 0.6 is 0 Å². The molecule has 0 saturated carbocycles. The van der Waals surface area contributed by atoms with Crippen LogP contribution in [0.2, 0.25) is 0 Å². The quantitative estimate of drug-likeness (QED) is 0.761. The monoisotopic (exact) mass is 348 g/mol. The van der Waals surface area contributed by atoms with E-state index in [-0.39, 0.29) is 11.8 Å². The largest absolute Gasteiger partial charge is 0.355 e. The van der Waals surface area contributed by atoms with E-state index in [1.807, 2.05) is 38.1 Å². The lowest BCUT2D eigenvalue weighted by atomic mass is 10.1. The van der Waals surface area contributed by atoms with E-state index in [0.29, 0.717) is 16.8 Å². The average molecular weight is 348 g/mol. The van der Waals surface area contributed by atoms with Gasteiger partial charge in [-0.05, 0) is 37.6 Å². The summed E-state index contributed by atoms with van der Waals surface area (Å²) >= 11 is 0. The molecule has 26 heavy (non-hydrogen) atoms. The Balaban J connectivity index is 1.91. The fraction of sp³-hybridized carbons (Fsp3) is 0.150. The number of aryl methyl sites for hydroxylation is 1. The normalized spacial score (nSPS) is 10.4. The number of aromatic nitrogens is 2. The number of benzene rings is 2. The molecule has 6 heteroatoms. The van der Waals surface area contributed by atoms with Gasteiger partial charge < -0.3 is 10.6 Å². The van der Waals surface area contributed by atoms with Crippen LogP contribution in [0.5, 0.6) is 0 Å². The van der Waals surface area contributed by atoms with Gasteiger partial charge in [0.2, 0.25) is 0 Å². The second-order valence-electron chi connectivity index (χ2n) is 5.92. The third kappa shape index (κ3) is 3.21. The fourth-order valence-electron chi connectivity index (χ4n) is 2.79. The van der Waals surface area contributed by atoms with Gasteiger partial charge in [0.15, 0.2) is 0 Å². The molecule has 0 atom stereocenters. The minimum Gasteiger partial charge on any atom is -0.355 e. The summed E-state index contributed by atoms with van der Waals surface area (Å²) in [5, 5.41) is 9.74. The van der Waals surface area contributed by atoms with Gasteiger partial charge in [0, 0.05) is 7.05 Å². The number of anilines is 1. The Morgan fingerprint density at radius 3 is 2.35 bits per heavy atom. The van der Waals surface area contributed by atoms with Crippen LogP contribution in [0.25, 0.3) is 5.69 Å². The predicted molar refractivity (Wildman–Crippen MR) is 101 cm³/mol. The number of hydrogen-bond acceptors (Lipinski definition) is 3. The molecule has 6 nitrogen and oxygen atoms in total. The Bertz CT molecular complexity index is 975. The van der Waals surface area contributed by atoms with Crippen molar-refractivity contribution < 1.29 is 9.59 Å². The van der Waals surface area contributed by atoms with E-state index >= 15 is 0 Å². The summed E-state index contributed by atoms with van der Waals surface area (Å²) in [7, 11) is 1.55. The topological polar surface area (TPSA) is 76.0 Å². The van der Waals surface area contributed by atoms with Crippen LogP contribution in [0, 0.1) is 13.8 Å². The zero-order valence-electron chi connectivity index (χ0n) is 14.9. The van der Waals surface area contributed by atoms with Crippen molar-refractivity contribution in [2.75, 3.05) is 12.4 Å². The van der Waals surface area contributed by atoms with Crippen LogP contribution in [0.1, 0.15) is 32.0 Å². The van der Waals surface area contributed by atoms with Crippen molar-refractivity contribution in [3.8, 4) is 5.69 Å². The second-order valence-corrected chi connectivity index (χ2v) is 5.92. The van der Waals surface area contributed by atoms with Crippen LogP contribution in [0.4, 0.5) is 5.69 Å². The highest BCUT2D eigenvalue weighted by atomic mass is 16.2. The predicted octanol–water partition coefficient (Wildman–Crippen LogP) is 3.10. The van der Waals surface area contributed by atoms with Crippen molar-refractivity contribution in [3.05, 3.63) is 77.1 Å². The van der Waals surface area contributed by atoms with Gasteiger partial charge in [-0.15, -0.1) is 0 Å². The van der Waals surface area contributed by atoms with Gasteiger partial charge in [-0.1, -0.05) is 30.3 Å². The van der Waals surface area contributed by atoms with Gasteiger partial charge in [-0.25, -0.2) is 4.68 Å². The molecule has 0 saturated heterocycles. The molecule has 1 heterocycles. The summed E-state index contributed by atoms with van der Waals surface area (Å²) in [5.41, 5.74) is 4.05. The zero-order chi connectivity index (χ0) is 18.7. The number of nitrogens with zero attached hydrogens (tertiary/aromatic N) is 2. The summed E-state index contributed by atoms with van der Waals surface area (Å²) in [5.74, 6) is -0.563. The number of amides is 2. The first-order valence-electron chi connectivity index (χ1n) is 8.26. The van der Waals surface area contributed by atoms with Crippen LogP contribution in [-0.2, 0) is 0 Å². The summed E-state index contributed by atoms with van der Waals surface area (Å²) in [4.78, 5) is 24.7. The Labute approximate surface area is 151 Å². The highest BCUT2D eigenvalue weighted by molar-refractivity contribution is 6.09. The SMILES string of the molecule is CNC(=O)c1ccccc1NC(=O)c1cnn(-c2ccccc2C)c1C. The van der Waals surface area contributed by atoms with E-state index in [1.54, 1.807) is 42.2 Å². The van der Waals surface area contributed by atoms with Crippen molar-refractivity contribution in [2.45, 2.75) is 13.8 Å². The molecule has 0 unspecified atom stereocenters. The molecule has 0 aliphatic heterocycles. The van der Waals surface area contributed by atoms with Crippen molar-refractivity contribution in [1.82, 2.24) is 15.1 Å². The number of carbonyl (C=O) groups is 2. The Morgan fingerprint density at radius 2 is 1.62 bits per heavy atom. The van der Waals surface area contributed by atoms with Crippen LogP contribution in [0.3, 0.4) is 0 Å². The maximum Gasteiger partial charge on any atom is 0.259 e. The first kappa shape index (κ1) is 17.4. The third-order valence-corrected chi connectivity index (χ3v) is 4.25. The number of para-hydroxylation sites is 2. The molecule has 0 bridgehead atoms. The molecule has 0 radical (unpaired) electrons. The van der Waals surface area contributed by atoms with Gasteiger partial charge >= 0.3 is 0 Å². The van der Waals surface area contributed by atoms with E-state index in [4.69, 9.17) is 0 Å². The average Bonchev–Trinajstić information content (AvgIpc) is 3.03. The first-order chi connectivity index (χ1) is 12.5. The third-order valence-electron chi connectivity index (χ3n) is 4.25. The van der Waals surface area contributed by atoms with Gasteiger partial charge in [-0.3, -0.25) is 9.59 Å². The fourth-order valence-corrected chi connectivity index (χ4v) is 2.79. The molecular weight excluding hydrogens is 328 g/mol. The van der Waals surface area contributed by atoms with Gasteiger partial charge in [0.05, 0.1) is 34.4 Å². The lowest BCUT2D eigenvalue weighted by molar-refractivity contribution is 0.0964. The van der Waals surface area contributed by atoms with Gasteiger partial charge in [0.25, 0.3) is 11.8 Å². The molecule has 3 rings (SSSR count). The van der Waals surface area contributed by atoms with E-state index in [2.05, 4.69) is 15.7 Å². The zero-order valence-corrected chi connectivity index (χ0v) is 14.9. The first-order valence-corrected chi connectivity index (χ1v) is 8.26. The number of nitrogens with one attached hydrogen (secondary N) is 2. The number of rotatable bonds is 4. The highest BCUT2D eigenvalue weighted by Gasteiger charge is 2.18. The molecule has 3 aromatic rings. The van der Waals surface area contributed by atoms with E-state index in [1.165, 1.54) is 0 Å². The Hall–Kier alpha value is -3.41. The smallest absolute Gasteiger partial charge is 0.259 e. The lowest BCUT2D eigenvalue weighted by Crippen LogP contribution is -2.21. The minimum atomic E-state index is -0.307. The standard InChI is InChI=1S/C20H20N4O2/c1-13-8-4-7-11-18(13)24-14(2)16(12-22-24)20(26)23-17-10-6-5-9-15(17)19(25)21-3/h4-12H,1-3H3,(H,21,25)(H,23,26). The maximum absolute atomic E-state index is 12.7.